The second-order valence-corrected chi connectivity index (χ2v) is 23.9. The summed E-state index contributed by atoms with van der Waals surface area (Å²) in [5.41, 5.74) is 8.36. The summed E-state index contributed by atoms with van der Waals surface area (Å²) >= 11 is 9.79. The fourth-order valence-corrected chi connectivity index (χ4v) is 11.6. The summed E-state index contributed by atoms with van der Waals surface area (Å²) in [6, 6.07) is 9.38. The lowest BCUT2D eigenvalue weighted by atomic mass is 9.80. The second kappa shape index (κ2) is 23.3. The number of aliphatic hydroxyl groups is 1. The molecule has 4 amide bonds. The Morgan fingerprint density at radius 1 is 1.04 bits per heavy atom. The summed E-state index contributed by atoms with van der Waals surface area (Å²) in [7, 11) is 0. The number of aryl methyl sites for hydroxylation is 1. The maximum atomic E-state index is 14.7. The molecule has 5 heterocycles. The zero-order valence-corrected chi connectivity index (χ0v) is 44.9. The summed E-state index contributed by atoms with van der Waals surface area (Å²) in [6.45, 7) is 15.0. The van der Waals surface area contributed by atoms with Crippen molar-refractivity contribution in [2.75, 3.05) is 62.6 Å². The van der Waals surface area contributed by atoms with Crippen molar-refractivity contribution in [3.8, 4) is 16.2 Å². The van der Waals surface area contributed by atoms with Crippen LogP contribution in [0.2, 0.25) is 5.02 Å². The van der Waals surface area contributed by atoms with Gasteiger partial charge in [0.25, 0.3) is 5.91 Å². The number of ether oxygens (including phenoxy) is 1. The molecule has 3 aliphatic heterocycles. The van der Waals surface area contributed by atoms with Gasteiger partial charge in [-0.1, -0.05) is 69.3 Å². The van der Waals surface area contributed by atoms with E-state index in [0.29, 0.717) is 41.1 Å². The van der Waals surface area contributed by atoms with Crippen molar-refractivity contribution in [2.24, 2.45) is 22.5 Å². The van der Waals surface area contributed by atoms with Crippen LogP contribution in [0.1, 0.15) is 96.7 Å². The third kappa shape index (κ3) is 13.7. The first-order chi connectivity index (χ1) is 34.8. The van der Waals surface area contributed by atoms with Gasteiger partial charge in [0.05, 0.1) is 51.9 Å². The van der Waals surface area contributed by atoms with Crippen molar-refractivity contribution in [1.82, 2.24) is 35.4 Å². The Bertz CT molecular complexity index is 2600. The predicted octanol–water partition coefficient (Wildman–Crippen LogP) is 7.40. The number of aliphatic hydroxyl groups excluding tert-OH is 1. The van der Waals surface area contributed by atoms with Gasteiger partial charge in [-0.3, -0.25) is 19.2 Å². The lowest BCUT2D eigenvalue weighted by molar-refractivity contribution is -0.145. The van der Waals surface area contributed by atoms with Gasteiger partial charge in [-0.05, 0) is 112 Å². The van der Waals surface area contributed by atoms with Crippen molar-refractivity contribution in [3.05, 3.63) is 70.6 Å². The van der Waals surface area contributed by atoms with Gasteiger partial charge in [0.1, 0.15) is 28.7 Å². The minimum absolute atomic E-state index is 0.0266. The quantitative estimate of drug-likeness (QED) is 0.0581. The number of alkyl halides is 1. The van der Waals surface area contributed by atoms with Gasteiger partial charge in [-0.25, -0.2) is 19.3 Å². The van der Waals surface area contributed by atoms with Gasteiger partial charge >= 0.3 is 0 Å². The fourth-order valence-electron chi connectivity index (χ4n) is 9.72. The molecule has 4 fully saturated rings. The molecule has 2 unspecified atom stereocenters. The Labute approximate surface area is 441 Å². The number of amides is 4. The molecule has 0 bridgehead atoms. The van der Waals surface area contributed by atoms with Crippen LogP contribution in [0.4, 0.5) is 15.9 Å². The highest BCUT2D eigenvalue weighted by Gasteiger charge is 2.53. The number of β-amino-alcohol motifs (C(OH)–C–C–N with tert-alkyl or cyclic N) is 1. The molecule has 8 rings (SSSR count). The number of anilines is 2. The van der Waals surface area contributed by atoms with Crippen LogP contribution in [0, 0.1) is 23.7 Å². The molecule has 1 aliphatic carbocycles. The molecule has 3 saturated heterocycles. The largest absolute Gasteiger partial charge is 0.493 e. The maximum Gasteiger partial charge on any atom is 0.258 e. The zero-order chi connectivity index (χ0) is 52.1. The number of benzene rings is 2. The lowest BCUT2D eigenvalue weighted by Gasteiger charge is -2.39. The van der Waals surface area contributed by atoms with Gasteiger partial charge in [-0.2, -0.15) is 0 Å². The number of hydrogen-bond acceptors (Lipinski definition) is 14. The molecule has 3 atom stereocenters. The van der Waals surface area contributed by atoms with Crippen LogP contribution in [0.25, 0.3) is 10.4 Å². The Hall–Kier alpha value is -4.92. The lowest BCUT2D eigenvalue weighted by Crippen LogP contribution is -2.59. The van der Waals surface area contributed by atoms with E-state index in [1.165, 1.54) is 28.0 Å². The first kappa shape index (κ1) is 54.3. The number of carbonyl (C=O) groups excluding carboxylic acids is 4. The summed E-state index contributed by atoms with van der Waals surface area (Å²) in [4.78, 5) is 75.4. The Morgan fingerprint density at radius 3 is 2.45 bits per heavy atom. The number of piperidine rings is 2. The average Bonchev–Trinajstić information content (AvgIpc) is 3.78. The van der Waals surface area contributed by atoms with Gasteiger partial charge < -0.3 is 46.2 Å². The van der Waals surface area contributed by atoms with E-state index in [9.17, 15) is 28.7 Å². The topological polar surface area (TPSA) is 208 Å². The second-order valence-electron chi connectivity index (χ2n) is 21.6. The van der Waals surface area contributed by atoms with Crippen LogP contribution < -0.4 is 31.3 Å². The number of rotatable bonds is 19. The Balaban J connectivity index is 0.800. The molecule has 16 nitrogen and oxygen atoms in total. The number of halogens is 2. The van der Waals surface area contributed by atoms with Gasteiger partial charge in [0.2, 0.25) is 17.7 Å². The van der Waals surface area contributed by atoms with E-state index in [1.807, 2.05) is 49.5 Å². The molecule has 0 radical (unpaired) electrons. The number of nitrogens with one attached hydrogen (secondary N) is 3. The van der Waals surface area contributed by atoms with E-state index in [2.05, 4.69) is 47.6 Å². The standard InChI is InChI=1S/C53H70ClFN10O6S2/c1-33-46(72-32-60-33)35-10-11-36(27-59-48(68)39-26-37(66)30-65(39)49(69)47(51(2,3)4)62-50(70)53(55)14-15-53)40(25-35)71-23-7-18-63-19-12-34(13-20-63)24-43(67)61-38-8-6-9-41(45(38)54)73-44-29-57-42(28-58-44)64-21-16-52(5,31-56)17-22-64/h6,8-11,25,28-29,32,34,37,39,47,66H,7,12-24,26-27,30-31,56H2,1-5H3,(H,59,68)(H,61,67)(H,62,70)/t37?,39?,47-/m1/s1. The molecule has 73 heavy (non-hydrogen) atoms. The van der Waals surface area contributed by atoms with Gasteiger partial charge in [-0.15, -0.1) is 11.3 Å². The molecule has 1 saturated carbocycles. The van der Waals surface area contributed by atoms with Crippen molar-refractivity contribution in [2.45, 2.75) is 133 Å². The number of likely N-dealkylation sites (tertiary alicyclic amines) is 2. The Kier molecular flexibility index (Phi) is 17.4. The van der Waals surface area contributed by atoms with Gasteiger partial charge in [0, 0.05) is 56.0 Å². The van der Waals surface area contributed by atoms with E-state index < -0.39 is 47.0 Å². The number of aromatic nitrogens is 3. The SMILES string of the molecule is Cc1ncsc1-c1ccc(CNC(=O)C2CC(O)CN2C(=O)[C@@H](NC(=O)C2(F)CC2)C(C)(C)C)c(OCCCN2CCC(CC(=O)Nc3cccc(Sc4cnc(N5CCC(C)(CN)CC5)cn4)c3Cl)CC2)c1. The smallest absolute Gasteiger partial charge is 0.258 e. The number of nitrogens with two attached hydrogens (primary N) is 1. The number of nitrogens with zero attached hydrogens (tertiary/aromatic N) is 6. The van der Waals surface area contributed by atoms with Crippen molar-refractivity contribution in [3.63, 3.8) is 0 Å². The van der Waals surface area contributed by atoms with Crippen LogP contribution in [0.5, 0.6) is 5.75 Å². The molecule has 0 spiro atoms. The molecule has 2 aromatic heterocycles. The third-order valence-electron chi connectivity index (χ3n) is 14.8. The van der Waals surface area contributed by atoms with E-state index in [1.54, 1.807) is 32.5 Å². The zero-order valence-electron chi connectivity index (χ0n) is 42.6. The molecule has 4 aromatic rings. The first-order valence-corrected chi connectivity index (χ1v) is 27.6. The van der Waals surface area contributed by atoms with Crippen LogP contribution in [-0.2, 0) is 25.7 Å². The molecular formula is C53H70ClFN10O6S2. The monoisotopic (exact) mass is 1060 g/mol. The summed E-state index contributed by atoms with van der Waals surface area (Å²) in [5, 5.41) is 20.5. The summed E-state index contributed by atoms with van der Waals surface area (Å²) < 4.78 is 21.1. The number of thiazole rings is 1. The average molecular weight is 1060 g/mol. The summed E-state index contributed by atoms with van der Waals surface area (Å²) in [6.07, 6.45) is 7.85. The molecule has 6 N–H and O–H groups in total. The van der Waals surface area contributed by atoms with Gasteiger partial charge in [0.15, 0.2) is 5.67 Å². The fraction of sp³-hybridized carbons (Fsp3) is 0.566. The van der Waals surface area contributed by atoms with Crippen molar-refractivity contribution in [1.29, 1.82) is 0 Å². The minimum Gasteiger partial charge on any atom is -0.493 e. The van der Waals surface area contributed by atoms with E-state index in [4.69, 9.17) is 22.1 Å². The third-order valence-corrected chi connectivity index (χ3v) is 17.3. The van der Waals surface area contributed by atoms with E-state index >= 15 is 0 Å². The molecule has 394 valence electrons. The van der Waals surface area contributed by atoms with Crippen LogP contribution in [-0.4, -0.2) is 130 Å². The molecule has 20 heteroatoms. The first-order valence-electron chi connectivity index (χ1n) is 25.5. The molecular weight excluding hydrogens is 991 g/mol. The highest BCUT2D eigenvalue weighted by atomic mass is 35.5. The van der Waals surface area contributed by atoms with Crippen LogP contribution in [0.15, 0.2) is 64.2 Å². The predicted molar refractivity (Wildman–Crippen MR) is 283 cm³/mol. The highest BCUT2D eigenvalue weighted by Crippen LogP contribution is 2.41. The normalized spacial score (nSPS) is 20.3. The number of hydrogen-bond donors (Lipinski definition) is 5. The summed E-state index contributed by atoms with van der Waals surface area (Å²) in [5.74, 6) is -0.178. The van der Waals surface area contributed by atoms with E-state index in [0.717, 1.165) is 97.2 Å². The molecule has 4 aliphatic rings. The van der Waals surface area contributed by atoms with E-state index in [-0.39, 0.29) is 49.6 Å². The maximum absolute atomic E-state index is 14.7. The van der Waals surface area contributed by atoms with Crippen LogP contribution in [0.3, 0.4) is 0 Å². The van der Waals surface area contributed by atoms with Crippen molar-refractivity contribution < 1.29 is 33.4 Å². The highest BCUT2D eigenvalue weighted by molar-refractivity contribution is 7.99. The van der Waals surface area contributed by atoms with Crippen molar-refractivity contribution >= 4 is 69.8 Å². The Morgan fingerprint density at radius 2 is 1.79 bits per heavy atom. The van der Waals surface area contributed by atoms with Crippen LogP contribution >= 0.6 is 34.7 Å². The number of carbonyl (C=O) groups is 4. The molecule has 2 aromatic carbocycles. The minimum atomic E-state index is -1.97.